The van der Waals surface area contributed by atoms with E-state index in [-0.39, 0.29) is 5.91 Å². The molecule has 0 radical (unpaired) electrons. The Bertz CT molecular complexity index is 506. The number of nitrogens with zero attached hydrogens (tertiary/aromatic N) is 1. The van der Waals surface area contributed by atoms with E-state index in [4.69, 9.17) is 4.74 Å². The topological polar surface area (TPSA) is 41.6 Å². The predicted molar refractivity (Wildman–Crippen MR) is 89.9 cm³/mol. The Kier molecular flexibility index (Phi) is 6.46. The average Bonchev–Trinajstić information content (AvgIpc) is 2.55. The van der Waals surface area contributed by atoms with E-state index in [1.807, 2.05) is 30.3 Å². The van der Waals surface area contributed by atoms with Crippen LogP contribution >= 0.6 is 0 Å². The highest BCUT2D eigenvalue weighted by Crippen LogP contribution is 2.14. The standard InChI is InChI=1S/C18H26N2O2/c1-3-11-20-12-9-16(10-13-20)19-18(21)8-7-15-5-4-6-17(14-15)22-2/h4-8,14,16H,3,9-13H2,1-2H3,(H,19,21)/b8-7+. The largest absolute Gasteiger partial charge is 0.497 e. The van der Waals surface area contributed by atoms with Gasteiger partial charge in [-0.2, -0.15) is 0 Å². The molecule has 0 unspecified atom stereocenters. The van der Waals surface area contributed by atoms with Gasteiger partial charge in [-0.15, -0.1) is 0 Å². The zero-order valence-corrected chi connectivity index (χ0v) is 13.5. The Labute approximate surface area is 133 Å². The third kappa shape index (κ3) is 5.19. The van der Waals surface area contributed by atoms with Crippen molar-refractivity contribution in [3.63, 3.8) is 0 Å². The molecule has 1 N–H and O–H groups in total. The van der Waals surface area contributed by atoms with Crippen molar-refractivity contribution < 1.29 is 9.53 Å². The Morgan fingerprint density at radius 2 is 2.18 bits per heavy atom. The van der Waals surface area contributed by atoms with Crippen molar-refractivity contribution in [2.45, 2.75) is 32.2 Å². The lowest BCUT2D eigenvalue weighted by Crippen LogP contribution is -2.44. The van der Waals surface area contributed by atoms with Gasteiger partial charge >= 0.3 is 0 Å². The van der Waals surface area contributed by atoms with Gasteiger partial charge in [0.25, 0.3) is 0 Å². The van der Waals surface area contributed by atoms with E-state index in [1.165, 1.54) is 6.42 Å². The maximum Gasteiger partial charge on any atom is 0.244 e. The van der Waals surface area contributed by atoms with E-state index in [9.17, 15) is 4.79 Å². The normalized spacial score (nSPS) is 16.8. The Hall–Kier alpha value is -1.81. The van der Waals surface area contributed by atoms with E-state index in [2.05, 4.69) is 17.1 Å². The van der Waals surface area contributed by atoms with Crippen molar-refractivity contribution in [1.82, 2.24) is 10.2 Å². The molecular weight excluding hydrogens is 276 g/mol. The molecule has 1 heterocycles. The molecule has 22 heavy (non-hydrogen) atoms. The maximum absolute atomic E-state index is 12.0. The first-order chi connectivity index (χ1) is 10.7. The molecule has 1 saturated heterocycles. The van der Waals surface area contributed by atoms with Gasteiger partial charge in [0.1, 0.15) is 5.75 Å². The Morgan fingerprint density at radius 3 is 2.86 bits per heavy atom. The summed E-state index contributed by atoms with van der Waals surface area (Å²) in [7, 11) is 1.64. The molecule has 1 aromatic rings. The first kappa shape index (κ1) is 16.6. The van der Waals surface area contributed by atoms with Crippen LogP contribution < -0.4 is 10.1 Å². The third-order valence-corrected chi connectivity index (χ3v) is 3.99. The van der Waals surface area contributed by atoms with Crippen molar-refractivity contribution in [2.24, 2.45) is 0 Å². The summed E-state index contributed by atoms with van der Waals surface area (Å²) < 4.78 is 5.17. The van der Waals surface area contributed by atoms with Crippen LogP contribution in [0.25, 0.3) is 6.08 Å². The zero-order chi connectivity index (χ0) is 15.8. The van der Waals surface area contributed by atoms with Gasteiger partial charge in [0.05, 0.1) is 7.11 Å². The molecule has 1 aliphatic heterocycles. The molecule has 1 aromatic carbocycles. The summed E-state index contributed by atoms with van der Waals surface area (Å²) in [4.78, 5) is 14.5. The van der Waals surface area contributed by atoms with Crippen LogP contribution in [-0.2, 0) is 4.79 Å². The van der Waals surface area contributed by atoms with Gasteiger partial charge in [-0.3, -0.25) is 4.79 Å². The number of hydrogen-bond donors (Lipinski definition) is 1. The van der Waals surface area contributed by atoms with E-state index in [0.29, 0.717) is 6.04 Å². The number of ether oxygens (including phenoxy) is 1. The van der Waals surface area contributed by atoms with Crippen molar-refractivity contribution in [3.05, 3.63) is 35.9 Å². The van der Waals surface area contributed by atoms with Crippen molar-refractivity contribution in [1.29, 1.82) is 0 Å². The monoisotopic (exact) mass is 302 g/mol. The van der Waals surface area contributed by atoms with Crippen LogP contribution in [-0.4, -0.2) is 43.6 Å². The number of methoxy groups -OCH3 is 1. The highest BCUT2D eigenvalue weighted by atomic mass is 16.5. The number of nitrogens with one attached hydrogen (secondary N) is 1. The second kappa shape index (κ2) is 8.59. The van der Waals surface area contributed by atoms with Gasteiger partial charge in [0, 0.05) is 25.2 Å². The van der Waals surface area contributed by atoms with E-state index < -0.39 is 0 Å². The Balaban J connectivity index is 1.79. The minimum atomic E-state index is -0.0169. The molecule has 2 rings (SSSR count). The molecule has 0 atom stereocenters. The minimum absolute atomic E-state index is 0.0169. The van der Waals surface area contributed by atoms with Crippen molar-refractivity contribution >= 4 is 12.0 Å². The SMILES string of the molecule is CCCN1CCC(NC(=O)/C=C/c2cccc(OC)c2)CC1. The van der Waals surface area contributed by atoms with Crippen LogP contribution in [0.2, 0.25) is 0 Å². The van der Waals surface area contributed by atoms with Gasteiger partial charge in [0.15, 0.2) is 0 Å². The highest BCUT2D eigenvalue weighted by molar-refractivity contribution is 5.91. The van der Waals surface area contributed by atoms with Gasteiger partial charge in [-0.25, -0.2) is 0 Å². The molecule has 1 aliphatic rings. The van der Waals surface area contributed by atoms with E-state index in [1.54, 1.807) is 13.2 Å². The first-order valence-electron chi connectivity index (χ1n) is 8.06. The quantitative estimate of drug-likeness (QED) is 0.822. The molecule has 120 valence electrons. The Morgan fingerprint density at radius 1 is 1.41 bits per heavy atom. The van der Waals surface area contributed by atoms with Crippen LogP contribution in [0.1, 0.15) is 31.7 Å². The molecular formula is C18H26N2O2. The van der Waals surface area contributed by atoms with Crippen LogP contribution in [0.15, 0.2) is 30.3 Å². The van der Waals surface area contributed by atoms with Crippen molar-refractivity contribution in [3.8, 4) is 5.75 Å². The number of carbonyl (C=O) groups is 1. The fraction of sp³-hybridized carbons (Fsp3) is 0.500. The number of hydrogen-bond acceptors (Lipinski definition) is 3. The number of carbonyl (C=O) groups excluding carboxylic acids is 1. The summed E-state index contributed by atoms with van der Waals surface area (Å²) in [6.45, 7) is 5.53. The van der Waals surface area contributed by atoms with E-state index in [0.717, 1.165) is 43.8 Å². The summed E-state index contributed by atoms with van der Waals surface area (Å²) in [5.41, 5.74) is 0.965. The number of amides is 1. The van der Waals surface area contributed by atoms with E-state index >= 15 is 0 Å². The second-order valence-electron chi connectivity index (χ2n) is 5.73. The van der Waals surface area contributed by atoms with Gasteiger partial charge in [0.2, 0.25) is 5.91 Å². The lowest BCUT2D eigenvalue weighted by atomic mass is 10.0. The second-order valence-corrected chi connectivity index (χ2v) is 5.73. The van der Waals surface area contributed by atoms with Crippen molar-refractivity contribution in [2.75, 3.05) is 26.7 Å². The third-order valence-electron chi connectivity index (χ3n) is 3.99. The lowest BCUT2D eigenvalue weighted by molar-refractivity contribution is -0.117. The maximum atomic E-state index is 12.0. The first-order valence-corrected chi connectivity index (χ1v) is 8.06. The summed E-state index contributed by atoms with van der Waals surface area (Å²) in [5, 5.41) is 3.10. The van der Waals surface area contributed by atoms with Gasteiger partial charge in [-0.1, -0.05) is 19.1 Å². The van der Waals surface area contributed by atoms with Gasteiger partial charge < -0.3 is 15.0 Å². The molecule has 0 aliphatic carbocycles. The summed E-state index contributed by atoms with van der Waals surface area (Å²) >= 11 is 0. The molecule has 4 heteroatoms. The van der Waals surface area contributed by atoms with Crippen LogP contribution in [0.3, 0.4) is 0 Å². The zero-order valence-electron chi connectivity index (χ0n) is 13.5. The summed E-state index contributed by atoms with van der Waals surface area (Å²) in [5.74, 6) is 0.780. The molecule has 1 fully saturated rings. The fourth-order valence-electron chi connectivity index (χ4n) is 2.78. The van der Waals surface area contributed by atoms with Crippen LogP contribution in [0.5, 0.6) is 5.75 Å². The molecule has 1 amide bonds. The highest BCUT2D eigenvalue weighted by Gasteiger charge is 2.19. The van der Waals surface area contributed by atoms with Crippen LogP contribution in [0, 0.1) is 0 Å². The number of rotatable bonds is 6. The summed E-state index contributed by atoms with van der Waals surface area (Å²) in [6.07, 6.45) is 6.70. The molecule has 0 aromatic heterocycles. The van der Waals surface area contributed by atoms with Gasteiger partial charge in [-0.05, 0) is 49.6 Å². The smallest absolute Gasteiger partial charge is 0.244 e. The minimum Gasteiger partial charge on any atom is -0.497 e. The fourth-order valence-corrected chi connectivity index (χ4v) is 2.78. The molecule has 4 nitrogen and oxygen atoms in total. The molecule has 0 saturated carbocycles. The average molecular weight is 302 g/mol. The molecule has 0 bridgehead atoms. The lowest BCUT2D eigenvalue weighted by Gasteiger charge is -2.31. The number of piperidine rings is 1. The number of benzene rings is 1. The number of likely N-dealkylation sites (tertiary alicyclic amines) is 1. The predicted octanol–water partition coefficient (Wildman–Crippen LogP) is 2.70. The summed E-state index contributed by atoms with van der Waals surface area (Å²) in [6, 6.07) is 7.97. The molecule has 0 spiro atoms. The van der Waals surface area contributed by atoms with Crippen LogP contribution in [0.4, 0.5) is 0 Å².